The SMILES string of the molecule is Nc1ncc(Br)cc1S(=O)(=O)N1CCC(O)CC1. The van der Waals surface area contributed by atoms with Crippen molar-refractivity contribution in [2.45, 2.75) is 23.8 Å². The number of aliphatic hydroxyl groups is 1. The molecule has 3 N–H and O–H groups in total. The number of hydrogen-bond donors (Lipinski definition) is 2. The Labute approximate surface area is 114 Å². The number of pyridine rings is 1. The van der Waals surface area contributed by atoms with Gasteiger partial charge in [-0.15, -0.1) is 0 Å². The predicted molar refractivity (Wildman–Crippen MR) is 70.3 cm³/mol. The molecule has 1 aliphatic heterocycles. The maximum absolute atomic E-state index is 12.4. The molecule has 1 fully saturated rings. The summed E-state index contributed by atoms with van der Waals surface area (Å²) in [6, 6.07) is 1.45. The first-order valence-corrected chi connectivity index (χ1v) is 7.74. The van der Waals surface area contributed by atoms with Gasteiger partial charge in [0.25, 0.3) is 0 Å². The molecule has 2 heterocycles. The second-order valence-corrected chi connectivity index (χ2v) is 6.99. The van der Waals surface area contributed by atoms with Gasteiger partial charge in [0.1, 0.15) is 10.7 Å². The number of nitrogens with zero attached hydrogens (tertiary/aromatic N) is 2. The van der Waals surface area contributed by atoms with E-state index in [4.69, 9.17) is 5.73 Å². The number of sulfonamides is 1. The van der Waals surface area contributed by atoms with Crippen LogP contribution < -0.4 is 5.73 Å². The van der Waals surface area contributed by atoms with Crippen LogP contribution in [0.5, 0.6) is 0 Å². The van der Waals surface area contributed by atoms with Gasteiger partial charge in [-0.25, -0.2) is 13.4 Å². The summed E-state index contributed by atoms with van der Waals surface area (Å²) >= 11 is 3.18. The molecule has 0 amide bonds. The van der Waals surface area contributed by atoms with Crippen LogP contribution >= 0.6 is 15.9 Å². The van der Waals surface area contributed by atoms with Gasteiger partial charge in [-0.2, -0.15) is 4.31 Å². The van der Waals surface area contributed by atoms with E-state index in [9.17, 15) is 13.5 Å². The lowest BCUT2D eigenvalue weighted by Gasteiger charge is -2.28. The fourth-order valence-electron chi connectivity index (χ4n) is 1.86. The van der Waals surface area contributed by atoms with Gasteiger partial charge in [-0.3, -0.25) is 0 Å². The number of hydrogen-bond acceptors (Lipinski definition) is 5. The number of nitrogen functional groups attached to an aromatic ring is 1. The van der Waals surface area contributed by atoms with Gasteiger partial charge in [0, 0.05) is 23.8 Å². The molecule has 18 heavy (non-hydrogen) atoms. The van der Waals surface area contributed by atoms with Gasteiger partial charge < -0.3 is 10.8 Å². The van der Waals surface area contributed by atoms with Crippen LogP contribution in [0.1, 0.15) is 12.8 Å². The zero-order valence-corrected chi connectivity index (χ0v) is 12.0. The normalized spacial score (nSPS) is 19.0. The molecule has 0 aliphatic carbocycles. The summed E-state index contributed by atoms with van der Waals surface area (Å²) in [6.07, 6.45) is 1.92. The molecule has 0 spiro atoms. The molecule has 1 aliphatic rings. The maximum Gasteiger partial charge on any atom is 0.246 e. The molecule has 0 aromatic carbocycles. The van der Waals surface area contributed by atoms with Crippen LogP contribution in [0, 0.1) is 0 Å². The van der Waals surface area contributed by atoms with Crippen LogP contribution in [-0.4, -0.2) is 42.0 Å². The largest absolute Gasteiger partial charge is 0.393 e. The lowest BCUT2D eigenvalue weighted by Crippen LogP contribution is -2.40. The van der Waals surface area contributed by atoms with Crippen molar-refractivity contribution >= 4 is 31.8 Å². The van der Waals surface area contributed by atoms with Crippen LogP contribution in [0.25, 0.3) is 0 Å². The maximum atomic E-state index is 12.4. The lowest BCUT2D eigenvalue weighted by molar-refractivity contribution is 0.113. The van der Waals surface area contributed by atoms with Gasteiger partial charge in [-0.05, 0) is 34.8 Å². The molecule has 0 unspecified atom stereocenters. The average Bonchev–Trinajstić information content (AvgIpc) is 2.32. The minimum Gasteiger partial charge on any atom is -0.393 e. The molecular weight excluding hydrogens is 322 g/mol. The van der Waals surface area contributed by atoms with E-state index >= 15 is 0 Å². The highest BCUT2D eigenvalue weighted by Crippen LogP contribution is 2.26. The Kier molecular flexibility index (Phi) is 3.90. The molecule has 0 radical (unpaired) electrons. The number of aromatic nitrogens is 1. The first-order chi connectivity index (χ1) is 8.41. The number of rotatable bonds is 2. The first-order valence-electron chi connectivity index (χ1n) is 5.50. The van der Waals surface area contributed by atoms with Crippen LogP contribution in [0.2, 0.25) is 0 Å². The van der Waals surface area contributed by atoms with E-state index in [0.29, 0.717) is 30.4 Å². The lowest BCUT2D eigenvalue weighted by atomic mass is 10.1. The highest BCUT2D eigenvalue weighted by Gasteiger charge is 2.30. The Morgan fingerprint density at radius 1 is 1.44 bits per heavy atom. The van der Waals surface area contributed by atoms with E-state index in [-0.39, 0.29) is 10.7 Å². The fourth-order valence-corrected chi connectivity index (χ4v) is 3.90. The molecule has 8 heteroatoms. The van der Waals surface area contributed by atoms with Crippen molar-refractivity contribution in [3.8, 4) is 0 Å². The zero-order valence-electron chi connectivity index (χ0n) is 9.58. The molecule has 0 saturated carbocycles. The van der Waals surface area contributed by atoms with E-state index in [2.05, 4.69) is 20.9 Å². The van der Waals surface area contributed by atoms with Gasteiger partial charge in [-0.1, -0.05) is 0 Å². The molecular formula is C10H14BrN3O3S. The summed E-state index contributed by atoms with van der Waals surface area (Å²) in [6.45, 7) is 0.602. The third-order valence-electron chi connectivity index (χ3n) is 2.89. The third kappa shape index (κ3) is 2.66. The van der Waals surface area contributed by atoms with Crippen LogP contribution in [-0.2, 0) is 10.0 Å². The molecule has 1 saturated heterocycles. The average molecular weight is 336 g/mol. The molecule has 6 nitrogen and oxygen atoms in total. The second-order valence-electron chi connectivity index (χ2n) is 4.17. The number of anilines is 1. The first kappa shape index (κ1) is 13.7. The van der Waals surface area contributed by atoms with Gasteiger partial charge in [0.05, 0.1) is 6.10 Å². The van der Waals surface area contributed by atoms with Crippen LogP contribution in [0.15, 0.2) is 21.6 Å². The zero-order chi connectivity index (χ0) is 13.3. The molecule has 1 aromatic rings. The molecule has 2 rings (SSSR count). The summed E-state index contributed by atoms with van der Waals surface area (Å²) < 4.78 is 26.6. The summed E-state index contributed by atoms with van der Waals surface area (Å²) in [5.41, 5.74) is 5.62. The summed E-state index contributed by atoms with van der Waals surface area (Å²) in [5, 5.41) is 9.40. The van der Waals surface area contributed by atoms with E-state index in [0.717, 1.165) is 0 Å². The van der Waals surface area contributed by atoms with Gasteiger partial charge in [0.2, 0.25) is 10.0 Å². The monoisotopic (exact) mass is 335 g/mol. The smallest absolute Gasteiger partial charge is 0.246 e. The minimum absolute atomic E-state index is 0.00765. The van der Waals surface area contributed by atoms with E-state index in [1.54, 1.807) is 0 Å². The Morgan fingerprint density at radius 3 is 2.67 bits per heavy atom. The van der Waals surface area contributed by atoms with Gasteiger partial charge >= 0.3 is 0 Å². The highest BCUT2D eigenvalue weighted by atomic mass is 79.9. The summed E-state index contributed by atoms with van der Waals surface area (Å²) in [5.74, 6) is -0.00989. The molecule has 1 aromatic heterocycles. The third-order valence-corrected chi connectivity index (χ3v) is 5.25. The van der Waals surface area contributed by atoms with Crippen molar-refractivity contribution in [3.63, 3.8) is 0 Å². The standard InChI is InChI=1S/C10H14BrN3O3S/c11-7-5-9(10(12)13-6-7)18(16,17)14-3-1-8(15)2-4-14/h5-6,8,15H,1-4H2,(H2,12,13). The van der Waals surface area contributed by atoms with Crippen molar-refractivity contribution in [2.75, 3.05) is 18.8 Å². The molecule has 0 atom stereocenters. The molecule has 0 bridgehead atoms. The highest BCUT2D eigenvalue weighted by molar-refractivity contribution is 9.10. The number of nitrogens with two attached hydrogens (primary N) is 1. The quantitative estimate of drug-likeness (QED) is 0.823. The predicted octanol–water partition coefficient (Wildman–Crippen LogP) is 0.572. The summed E-state index contributed by atoms with van der Waals surface area (Å²) in [7, 11) is -3.63. The Hall–Kier alpha value is -0.700. The van der Waals surface area contributed by atoms with Crippen LogP contribution in [0.4, 0.5) is 5.82 Å². The Balaban J connectivity index is 2.33. The van der Waals surface area contributed by atoms with Crippen molar-refractivity contribution < 1.29 is 13.5 Å². The summed E-state index contributed by atoms with van der Waals surface area (Å²) in [4.78, 5) is 3.84. The van der Waals surface area contributed by atoms with Crippen LogP contribution in [0.3, 0.4) is 0 Å². The van der Waals surface area contributed by atoms with Crippen molar-refractivity contribution in [1.82, 2.24) is 9.29 Å². The second kappa shape index (κ2) is 5.12. The van der Waals surface area contributed by atoms with Crippen molar-refractivity contribution in [3.05, 3.63) is 16.7 Å². The Bertz CT molecular complexity index is 541. The van der Waals surface area contributed by atoms with E-state index in [1.165, 1.54) is 16.6 Å². The van der Waals surface area contributed by atoms with Crippen molar-refractivity contribution in [2.24, 2.45) is 0 Å². The van der Waals surface area contributed by atoms with E-state index < -0.39 is 16.1 Å². The fraction of sp³-hybridized carbons (Fsp3) is 0.500. The number of halogens is 1. The number of piperidine rings is 1. The number of aliphatic hydroxyl groups excluding tert-OH is 1. The molecule has 100 valence electrons. The van der Waals surface area contributed by atoms with Crippen molar-refractivity contribution in [1.29, 1.82) is 0 Å². The van der Waals surface area contributed by atoms with Gasteiger partial charge in [0.15, 0.2) is 0 Å². The minimum atomic E-state index is -3.63. The topological polar surface area (TPSA) is 96.5 Å². The van der Waals surface area contributed by atoms with E-state index in [1.807, 2.05) is 0 Å². The Morgan fingerprint density at radius 2 is 2.06 bits per heavy atom.